The van der Waals surface area contributed by atoms with Gasteiger partial charge < -0.3 is 14.9 Å². The van der Waals surface area contributed by atoms with Gasteiger partial charge in [0.05, 0.1) is 0 Å². The Balaban J connectivity index is 2.21. The zero-order valence-corrected chi connectivity index (χ0v) is 12.3. The molecule has 1 aliphatic rings. The van der Waals surface area contributed by atoms with E-state index in [-0.39, 0.29) is 6.61 Å². The van der Waals surface area contributed by atoms with E-state index in [0.29, 0.717) is 12.0 Å². The molecule has 1 aromatic rings. The van der Waals surface area contributed by atoms with Gasteiger partial charge in [-0.25, -0.2) is 0 Å². The van der Waals surface area contributed by atoms with Crippen LogP contribution in [0.2, 0.25) is 0 Å². The maximum atomic E-state index is 9.26. The molecule has 1 fully saturated rings. The fourth-order valence-electron chi connectivity index (χ4n) is 3.12. The molecule has 3 heteroatoms. The Morgan fingerprint density at radius 2 is 1.95 bits per heavy atom. The van der Waals surface area contributed by atoms with E-state index in [0.717, 1.165) is 26.1 Å². The second kappa shape index (κ2) is 6.40. The molecule has 1 aromatic carbocycles. The summed E-state index contributed by atoms with van der Waals surface area (Å²) in [6, 6.07) is 9.04. The summed E-state index contributed by atoms with van der Waals surface area (Å²) in [5.74, 6) is 0.647. The molecule has 1 saturated heterocycles. The predicted octanol–water partition coefficient (Wildman–Crippen LogP) is 2.13. The highest BCUT2D eigenvalue weighted by Crippen LogP contribution is 2.24. The van der Waals surface area contributed by atoms with Crippen molar-refractivity contribution in [1.29, 1.82) is 0 Å². The minimum atomic E-state index is 0.269. The molecular formula is C16H26N2O. The Kier molecular flexibility index (Phi) is 4.83. The van der Waals surface area contributed by atoms with Gasteiger partial charge in [-0.05, 0) is 37.9 Å². The van der Waals surface area contributed by atoms with Crippen LogP contribution in [0.5, 0.6) is 0 Å². The zero-order valence-electron chi connectivity index (χ0n) is 12.3. The molecule has 1 heterocycles. The molecule has 106 valence electrons. The summed E-state index contributed by atoms with van der Waals surface area (Å²) in [6.07, 6.45) is 0.853. The number of nitrogens with zero attached hydrogens (tertiary/aromatic N) is 2. The largest absolute Gasteiger partial charge is 0.396 e. The van der Waals surface area contributed by atoms with Gasteiger partial charge in [-0.1, -0.05) is 25.1 Å². The summed E-state index contributed by atoms with van der Waals surface area (Å²) in [6.45, 7) is 7.96. The SMILES string of the molecule is Cc1ccccc1N1CC(C)CN(C)C(CCO)C1. The van der Waals surface area contributed by atoms with Crippen molar-refractivity contribution in [2.45, 2.75) is 26.3 Å². The van der Waals surface area contributed by atoms with Crippen LogP contribution in [-0.2, 0) is 0 Å². The number of para-hydroxylation sites is 1. The third-order valence-electron chi connectivity index (χ3n) is 4.10. The van der Waals surface area contributed by atoms with Crippen LogP contribution in [-0.4, -0.2) is 49.3 Å². The first-order chi connectivity index (χ1) is 9.11. The predicted molar refractivity (Wildman–Crippen MR) is 80.7 cm³/mol. The van der Waals surface area contributed by atoms with E-state index in [1.54, 1.807) is 0 Å². The summed E-state index contributed by atoms with van der Waals surface area (Å²) < 4.78 is 0. The van der Waals surface area contributed by atoms with Gasteiger partial charge in [0.15, 0.2) is 0 Å². The average molecular weight is 262 g/mol. The number of hydrogen-bond acceptors (Lipinski definition) is 3. The molecular weight excluding hydrogens is 236 g/mol. The number of likely N-dealkylation sites (N-methyl/N-ethyl adjacent to an activating group) is 1. The highest BCUT2D eigenvalue weighted by atomic mass is 16.3. The summed E-state index contributed by atoms with van der Waals surface area (Å²) in [7, 11) is 2.18. The van der Waals surface area contributed by atoms with Crippen LogP contribution >= 0.6 is 0 Å². The molecule has 0 spiro atoms. The van der Waals surface area contributed by atoms with E-state index in [4.69, 9.17) is 0 Å². The number of aryl methyl sites for hydroxylation is 1. The quantitative estimate of drug-likeness (QED) is 0.904. The molecule has 0 radical (unpaired) electrons. The van der Waals surface area contributed by atoms with Gasteiger partial charge in [-0.15, -0.1) is 0 Å². The third-order valence-corrected chi connectivity index (χ3v) is 4.10. The first kappa shape index (κ1) is 14.4. The van der Waals surface area contributed by atoms with E-state index in [1.165, 1.54) is 11.3 Å². The molecule has 1 aliphatic heterocycles. The summed E-state index contributed by atoms with van der Waals surface area (Å²) in [5.41, 5.74) is 2.68. The second-order valence-corrected chi connectivity index (χ2v) is 5.90. The Morgan fingerprint density at radius 1 is 1.21 bits per heavy atom. The maximum Gasteiger partial charge on any atom is 0.0446 e. The monoisotopic (exact) mass is 262 g/mol. The smallest absolute Gasteiger partial charge is 0.0446 e. The van der Waals surface area contributed by atoms with Crippen molar-refractivity contribution in [3.8, 4) is 0 Å². The Labute approximate surface area is 116 Å². The summed E-state index contributed by atoms with van der Waals surface area (Å²) >= 11 is 0. The molecule has 0 aromatic heterocycles. The number of aliphatic hydroxyl groups is 1. The van der Waals surface area contributed by atoms with Gasteiger partial charge in [-0.2, -0.15) is 0 Å². The van der Waals surface area contributed by atoms with Crippen molar-refractivity contribution in [1.82, 2.24) is 4.90 Å². The lowest BCUT2D eigenvalue weighted by atomic mass is 10.1. The molecule has 3 nitrogen and oxygen atoms in total. The van der Waals surface area contributed by atoms with Crippen LogP contribution < -0.4 is 4.90 Å². The number of anilines is 1. The van der Waals surface area contributed by atoms with Crippen LogP contribution in [0.25, 0.3) is 0 Å². The lowest BCUT2D eigenvalue weighted by molar-refractivity contribution is 0.186. The fourth-order valence-corrected chi connectivity index (χ4v) is 3.12. The topological polar surface area (TPSA) is 26.7 Å². The van der Waals surface area contributed by atoms with Crippen LogP contribution in [0, 0.1) is 12.8 Å². The average Bonchev–Trinajstić information content (AvgIpc) is 2.50. The van der Waals surface area contributed by atoms with Gasteiger partial charge in [-0.3, -0.25) is 0 Å². The Morgan fingerprint density at radius 3 is 2.63 bits per heavy atom. The lowest BCUT2D eigenvalue weighted by Crippen LogP contribution is -2.39. The van der Waals surface area contributed by atoms with Crippen LogP contribution in [0.15, 0.2) is 24.3 Å². The van der Waals surface area contributed by atoms with Gasteiger partial charge in [0.2, 0.25) is 0 Å². The zero-order chi connectivity index (χ0) is 13.8. The van der Waals surface area contributed by atoms with Crippen molar-refractivity contribution in [2.75, 3.05) is 38.2 Å². The number of aliphatic hydroxyl groups excluding tert-OH is 1. The molecule has 2 unspecified atom stereocenters. The second-order valence-electron chi connectivity index (χ2n) is 5.90. The lowest BCUT2D eigenvalue weighted by Gasteiger charge is -2.30. The summed E-state index contributed by atoms with van der Waals surface area (Å²) in [4.78, 5) is 4.89. The van der Waals surface area contributed by atoms with Crippen LogP contribution in [0.3, 0.4) is 0 Å². The van der Waals surface area contributed by atoms with E-state index >= 15 is 0 Å². The fraction of sp³-hybridized carbons (Fsp3) is 0.625. The van der Waals surface area contributed by atoms with Crippen LogP contribution in [0.4, 0.5) is 5.69 Å². The highest BCUT2D eigenvalue weighted by Gasteiger charge is 2.26. The van der Waals surface area contributed by atoms with Crippen molar-refractivity contribution in [2.24, 2.45) is 5.92 Å². The molecule has 0 saturated carbocycles. The Bertz CT molecular complexity index is 407. The Hall–Kier alpha value is -1.06. The molecule has 0 bridgehead atoms. The molecule has 2 rings (SSSR count). The molecule has 2 atom stereocenters. The maximum absolute atomic E-state index is 9.26. The number of rotatable bonds is 3. The van der Waals surface area contributed by atoms with Gasteiger partial charge in [0.25, 0.3) is 0 Å². The van der Waals surface area contributed by atoms with Crippen molar-refractivity contribution < 1.29 is 5.11 Å². The standard InChI is InChI=1S/C16H26N2O/c1-13-10-17(3)15(8-9-19)12-18(11-13)16-7-5-4-6-14(16)2/h4-7,13,15,19H,8-12H2,1-3H3. The van der Waals surface area contributed by atoms with E-state index in [2.05, 4.69) is 55.0 Å². The van der Waals surface area contributed by atoms with Crippen LogP contribution in [0.1, 0.15) is 18.9 Å². The van der Waals surface area contributed by atoms with Gasteiger partial charge in [0, 0.05) is 38.0 Å². The molecule has 0 aliphatic carbocycles. The molecule has 1 N–H and O–H groups in total. The van der Waals surface area contributed by atoms with E-state index < -0.39 is 0 Å². The normalized spacial score (nSPS) is 25.4. The molecule has 19 heavy (non-hydrogen) atoms. The van der Waals surface area contributed by atoms with Gasteiger partial charge in [0.1, 0.15) is 0 Å². The first-order valence-electron chi connectivity index (χ1n) is 7.23. The van der Waals surface area contributed by atoms with Crippen molar-refractivity contribution in [3.63, 3.8) is 0 Å². The summed E-state index contributed by atoms with van der Waals surface area (Å²) in [5, 5.41) is 9.26. The van der Waals surface area contributed by atoms with E-state index in [1.807, 2.05) is 0 Å². The minimum Gasteiger partial charge on any atom is -0.396 e. The van der Waals surface area contributed by atoms with Crippen molar-refractivity contribution >= 4 is 5.69 Å². The highest BCUT2D eigenvalue weighted by molar-refractivity contribution is 5.53. The minimum absolute atomic E-state index is 0.269. The van der Waals surface area contributed by atoms with E-state index in [9.17, 15) is 5.11 Å². The van der Waals surface area contributed by atoms with Gasteiger partial charge >= 0.3 is 0 Å². The number of hydrogen-bond donors (Lipinski definition) is 1. The van der Waals surface area contributed by atoms with Crippen molar-refractivity contribution in [3.05, 3.63) is 29.8 Å². The number of benzene rings is 1. The first-order valence-corrected chi connectivity index (χ1v) is 7.23. The molecule has 0 amide bonds. The third kappa shape index (κ3) is 3.48.